The van der Waals surface area contributed by atoms with Gasteiger partial charge in [0.05, 0.1) is 11.9 Å². The van der Waals surface area contributed by atoms with Crippen molar-refractivity contribution in [3.63, 3.8) is 0 Å². The molecular formula is C22H21N3. The summed E-state index contributed by atoms with van der Waals surface area (Å²) in [7, 11) is 0. The van der Waals surface area contributed by atoms with E-state index in [2.05, 4.69) is 77.0 Å². The fourth-order valence-corrected chi connectivity index (χ4v) is 3.33. The molecule has 1 aliphatic rings. The second kappa shape index (κ2) is 7.31. The molecule has 0 saturated carbocycles. The van der Waals surface area contributed by atoms with Crippen LogP contribution >= 0.6 is 0 Å². The van der Waals surface area contributed by atoms with Crippen LogP contribution in [-0.2, 0) is 6.42 Å². The van der Waals surface area contributed by atoms with E-state index in [1.807, 2.05) is 18.5 Å². The third kappa shape index (κ3) is 3.61. The van der Waals surface area contributed by atoms with E-state index in [0.717, 1.165) is 18.7 Å². The van der Waals surface area contributed by atoms with Gasteiger partial charge in [0.1, 0.15) is 6.04 Å². The first-order chi connectivity index (χ1) is 12.4. The average molecular weight is 327 g/mol. The Labute approximate surface area is 148 Å². The van der Waals surface area contributed by atoms with Crippen molar-refractivity contribution in [2.24, 2.45) is 4.99 Å². The Hall–Kier alpha value is -2.94. The number of pyridine rings is 1. The third-order valence-corrected chi connectivity index (χ3v) is 4.61. The molecule has 0 bridgehead atoms. The minimum Gasteiger partial charge on any atom is -0.364 e. The average Bonchev–Trinajstić information content (AvgIpc) is 3.13. The number of nitrogens with zero attached hydrogens (tertiary/aromatic N) is 2. The Morgan fingerprint density at radius 1 is 0.760 bits per heavy atom. The standard InChI is InChI=1S/C22H21N3/c1-3-9-18(10-4-1)21-22(19-11-5-2-6-12-19)25-20(24-21)14-13-17-8-7-15-23-16-17/h1-12,15-16,21-22H,13-14H2,(H,24,25)/t21-,22+. The number of aryl methyl sites for hydroxylation is 1. The number of aromatic nitrogens is 1. The fraction of sp³-hybridized carbons (Fsp3) is 0.182. The summed E-state index contributed by atoms with van der Waals surface area (Å²) in [5.74, 6) is 1.08. The monoisotopic (exact) mass is 327 g/mol. The number of benzene rings is 2. The predicted molar refractivity (Wildman–Crippen MR) is 101 cm³/mol. The largest absolute Gasteiger partial charge is 0.364 e. The molecule has 1 aliphatic heterocycles. The lowest BCUT2D eigenvalue weighted by molar-refractivity contribution is 0.571. The molecule has 2 aromatic carbocycles. The number of nitrogens with one attached hydrogen (secondary N) is 1. The molecule has 4 rings (SSSR count). The first-order valence-corrected chi connectivity index (χ1v) is 8.72. The van der Waals surface area contributed by atoms with E-state index >= 15 is 0 Å². The first kappa shape index (κ1) is 15.6. The van der Waals surface area contributed by atoms with Gasteiger partial charge in [-0.1, -0.05) is 66.7 Å². The lowest BCUT2D eigenvalue weighted by Gasteiger charge is -2.19. The topological polar surface area (TPSA) is 37.3 Å². The number of amidine groups is 1. The van der Waals surface area contributed by atoms with Gasteiger partial charge in [-0.25, -0.2) is 0 Å². The molecule has 0 amide bonds. The lowest BCUT2D eigenvalue weighted by atomic mass is 9.95. The summed E-state index contributed by atoms with van der Waals surface area (Å²) in [6.07, 6.45) is 5.59. The van der Waals surface area contributed by atoms with Crippen molar-refractivity contribution in [3.8, 4) is 0 Å². The normalized spacial score (nSPS) is 19.3. The molecule has 0 radical (unpaired) electrons. The summed E-state index contributed by atoms with van der Waals surface area (Å²) in [6.45, 7) is 0. The van der Waals surface area contributed by atoms with E-state index in [0.29, 0.717) is 0 Å². The smallest absolute Gasteiger partial charge is 0.101 e. The molecule has 0 spiro atoms. The maximum atomic E-state index is 5.02. The second-order valence-electron chi connectivity index (χ2n) is 6.33. The van der Waals surface area contributed by atoms with E-state index in [9.17, 15) is 0 Å². The van der Waals surface area contributed by atoms with Crippen LogP contribution in [0.3, 0.4) is 0 Å². The molecule has 25 heavy (non-hydrogen) atoms. The van der Waals surface area contributed by atoms with Gasteiger partial charge in [-0.15, -0.1) is 0 Å². The Morgan fingerprint density at radius 2 is 1.48 bits per heavy atom. The Balaban J connectivity index is 1.57. The van der Waals surface area contributed by atoms with Gasteiger partial charge >= 0.3 is 0 Å². The Bertz CT molecular complexity index is 829. The molecule has 3 nitrogen and oxygen atoms in total. The molecule has 0 saturated heterocycles. The molecule has 2 heterocycles. The first-order valence-electron chi connectivity index (χ1n) is 8.72. The highest BCUT2D eigenvalue weighted by Gasteiger charge is 2.30. The number of rotatable bonds is 5. The van der Waals surface area contributed by atoms with Crippen LogP contribution in [0.15, 0.2) is 90.2 Å². The molecule has 0 aliphatic carbocycles. The highest BCUT2D eigenvalue weighted by molar-refractivity contribution is 5.85. The van der Waals surface area contributed by atoms with E-state index in [4.69, 9.17) is 4.99 Å². The maximum Gasteiger partial charge on any atom is 0.101 e. The molecule has 0 unspecified atom stereocenters. The van der Waals surface area contributed by atoms with Gasteiger partial charge in [0, 0.05) is 18.8 Å². The van der Waals surface area contributed by atoms with Crippen LogP contribution in [0.25, 0.3) is 0 Å². The third-order valence-electron chi connectivity index (χ3n) is 4.61. The Morgan fingerprint density at radius 3 is 2.16 bits per heavy atom. The molecule has 2 atom stereocenters. The molecule has 0 fully saturated rings. The van der Waals surface area contributed by atoms with Crippen molar-refractivity contribution >= 4 is 5.84 Å². The van der Waals surface area contributed by atoms with Crippen molar-refractivity contribution in [3.05, 3.63) is 102 Å². The van der Waals surface area contributed by atoms with E-state index in [-0.39, 0.29) is 12.1 Å². The van der Waals surface area contributed by atoms with Crippen LogP contribution in [0.4, 0.5) is 0 Å². The van der Waals surface area contributed by atoms with Crippen LogP contribution in [0.1, 0.15) is 35.2 Å². The number of hydrogen-bond donors (Lipinski definition) is 1. The van der Waals surface area contributed by atoms with Crippen molar-refractivity contribution < 1.29 is 0 Å². The van der Waals surface area contributed by atoms with Crippen molar-refractivity contribution in [1.29, 1.82) is 0 Å². The zero-order valence-electron chi connectivity index (χ0n) is 14.0. The highest BCUT2D eigenvalue weighted by atomic mass is 15.1. The van der Waals surface area contributed by atoms with Gasteiger partial charge in [-0.05, 0) is 29.2 Å². The Kier molecular flexibility index (Phi) is 4.55. The summed E-state index contributed by atoms with van der Waals surface area (Å²) in [6, 6.07) is 25.5. The highest BCUT2D eigenvalue weighted by Crippen LogP contribution is 2.36. The van der Waals surface area contributed by atoms with Gasteiger partial charge in [-0.2, -0.15) is 0 Å². The van der Waals surface area contributed by atoms with Gasteiger partial charge < -0.3 is 5.32 Å². The second-order valence-corrected chi connectivity index (χ2v) is 6.33. The summed E-state index contributed by atoms with van der Waals surface area (Å²) < 4.78 is 0. The summed E-state index contributed by atoms with van der Waals surface area (Å²) in [5.41, 5.74) is 3.77. The van der Waals surface area contributed by atoms with Crippen molar-refractivity contribution in [1.82, 2.24) is 10.3 Å². The van der Waals surface area contributed by atoms with Crippen LogP contribution in [-0.4, -0.2) is 10.8 Å². The lowest BCUT2D eigenvalue weighted by Crippen LogP contribution is -2.24. The number of aliphatic imine (C=N–C) groups is 1. The van der Waals surface area contributed by atoms with Crippen LogP contribution in [0.5, 0.6) is 0 Å². The SMILES string of the molecule is c1ccc([C@H]2NC(CCc3cccnc3)=N[C@H]2c2ccccc2)cc1. The van der Waals surface area contributed by atoms with Gasteiger partial charge in [0.25, 0.3) is 0 Å². The van der Waals surface area contributed by atoms with Gasteiger partial charge in [0.15, 0.2) is 0 Å². The minimum absolute atomic E-state index is 0.118. The van der Waals surface area contributed by atoms with Crippen LogP contribution in [0, 0.1) is 0 Å². The fourth-order valence-electron chi connectivity index (χ4n) is 3.33. The molecule has 3 heteroatoms. The molecular weight excluding hydrogens is 306 g/mol. The number of hydrogen-bond acceptors (Lipinski definition) is 3. The zero-order valence-corrected chi connectivity index (χ0v) is 14.0. The predicted octanol–water partition coefficient (Wildman–Crippen LogP) is 4.50. The minimum atomic E-state index is 0.118. The van der Waals surface area contributed by atoms with Gasteiger partial charge in [0.2, 0.25) is 0 Å². The van der Waals surface area contributed by atoms with Crippen LogP contribution in [0.2, 0.25) is 0 Å². The van der Waals surface area contributed by atoms with Gasteiger partial charge in [-0.3, -0.25) is 9.98 Å². The summed E-state index contributed by atoms with van der Waals surface area (Å²) in [5, 5.41) is 3.66. The van der Waals surface area contributed by atoms with E-state index in [1.165, 1.54) is 16.7 Å². The summed E-state index contributed by atoms with van der Waals surface area (Å²) in [4.78, 5) is 9.21. The summed E-state index contributed by atoms with van der Waals surface area (Å²) >= 11 is 0. The van der Waals surface area contributed by atoms with Crippen molar-refractivity contribution in [2.75, 3.05) is 0 Å². The van der Waals surface area contributed by atoms with Crippen LogP contribution < -0.4 is 5.32 Å². The zero-order chi connectivity index (χ0) is 16.9. The molecule has 1 aromatic heterocycles. The van der Waals surface area contributed by atoms with Crippen molar-refractivity contribution in [2.45, 2.75) is 24.9 Å². The van der Waals surface area contributed by atoms with E-state index < -0.39 is 0 Å². The molecule has 124 valence electrons. The molecule has 3 aromatic rings. The molecule has 1 N–H and O–H groups in total. The maximum absolute atomic E-state index is 5.02. The quantitative estimate of drug-likeness (QED) is 0.749. The van der Waals surface area contributed by atoms with E-state index in [1.54, 1.807) is 0 Å².